The lowest BCUT2D eigenvalue weighted by atomic mass is 9.79. The standard InChI is InChI=1S/C29H32ClFN4O3/c1-16(36)32-18-9-10-34(15-18)19-12-25(17-7-8-22(30)23(31)11-17)35-26(13-19)28-21(14-27(35)29(37)38-2)20-5-3-4-6-24(20)33-28/h3-8,11,18-19,25-27,33H,9-10,12-15H2,1-2H3,(H,32,36)/t18-,19+,25-,26+,27-/m0/s1. The number of carbonyl (C=O) groups excluding carboxylic acids is 2. The van der Waals surface area contributed by atoms with Crippen LogP contribution in [0, 0.1) is 5.82 Å². The predicted octanol–water partition coefficient (Wildman–Crippen LogP) is 4.52. The first-order valence-corrected chi connectivity index (χ1v) is 13.6. The molecular weight excluding hydrogens is 507 g/mol. The number of amides is 1. The zero-order valence-electron chi connectivity index (χ0n) is 21.5. The summed E-state index contributed by atoms with van der Waals surface area (Å²) in [4.78, 5) is 33.3. The van der Waals surface area contributed by atoms with Crippen LogP contribution in [0.3, 0.4) is 0 Å². The minimum Gasteiger partial charge on any atom is -0.468 e. The van der Waals surface area contributed by atoms with Gasteiger partial charge >= 0.3 is 5.97 Å². The van der Waals surface area contributed by atoms with Crippen LogP contribution in [0.15, 0.2) is 42.5 Å². The Morgan fingerprint density at radius 3 is 2.71 bits per heavy atom. The molecule has 3 aliphatic heterocycles. The van der Waals surface area contributed by atoms with Gasteiger partial charge in [-0.3, -0.25) is 19.4 Å². The molecule has 9 heteroatoms. The van der Waals surface area contributed by atoms with E-state index in [4.69, 9.17) is 16.3 Å². The monoisotopic (exact) mass is 538 g/mol. The molecule has 0 spiro atoms. The van der Waals surface area contributed by atoms with Crippen molar-refractivity contribution in [3.63, 3.8) is 0 Å². The topological polar surface area (TPSA) is 77.7 Å². The maximum absolute atomic E-state index is 14.7. The normalized spacial score (nSPS) is 27.6. The number of para-hydroxylation sites is 1. The number of nitrogens with one attached hydrogen (secondary N) is 2. The van der Waals surface area contributed by atoms with Crippen LogP contribution in [0.1, 0.15) is 55.1 Å². The molecule has 5 atom stereocenters. The number of ether oxygens (including phenoxy) is 1. The van der Waals surface area contributed by atoms with Crippen molar-refractivity contribution in [3.8, 4) is 0 Å². The zero-order chi connectivity index (χ0) is 26.6. The molecule has 2 N–H and O–H groups in total. The van der Waals surface area contributed by atoms with Crippen LogP contribution in [-0.2, 0) is 20.7 Å². The Labute approximate surface area is 226 Å². The number of esters is 1. The third-order valence-corrected chi connectivity index (χ3v) is 8.90. The molecule has 6 rings (SSSR count). The molecule has 0 saturated carbocycles. The molecule has 4 heterocycles. The Morgan fingerprint density at radius 2 is 1.95 bits per heavy atom. The van der Waals surface area contributed by atoms with Crippen LogP contribution in [-0.4, -0.2) is 65.0 Å². The molecule has 0 unspecified atom stereocenters. The number of methoxy groups -OCH3 is 1. The summed E-state index contributed by atoms with van der Waals surface area (Å²) in [7, 11) is 1.43. The Bertz CT molecular complexity index is 1390. The van der Waals surface area contributed by atoms with Crippen LogP contribution in [0.5, 0.6) is 0 Å². The quantitative estimate of drug-likeness (QED) is 0.478. The van der Waals surface area contributed by atoms with Crippen LogP contribution < -0.4 is 5.32 Å². The number of likely N-dealkylation sites (tertiary alicyclic amines) is 1. The van der Waals surface area contributed by atoms with Crippen molar-refractivity contribution in [2.24, 2.45) is 0 Å². The minimum atomic E-state index is -0.493. The molecule has 1 aromatic heterocycles. The number of nitrogens with zero attached hydrogens (tertiary/aromatic N) is 2. The average Bonchev–Trinajstić information content (AvgIpc) is 3.53. The van der Waals surface area contributed by atoms with Gasteiger partial charge in [0.25, 0.3) is 0 Å². The van der Waals surface area contributed by atoms with Crippen molar-refractivity contribution >= 4 is 34.4 Å². The van der Waals surface area contributed by atoms with E-state index in [-0.39, 0.29) is 41.1 Å². The summed E-state index contributed by atoms with van der Waals surface area (Å²) in [5, 5.41) is 4.27. The van der Waals surface area contributed by atoms with Gasteiger partial charge in [-0.1, -0.05) is 35.9 Å². The van der Waals surface area contributed by atoms with Gasteiger partial charge in [0.05, 0.1) is 18.2 Å². The van der Waals surface area contributed by atoms with Crippen LogP contribution in [0.2, 0.25) is 5.02 Å². The van der Waals surface area contributed by atoms with Crippen molar-refractivity contribution in [2.75, 3.05) is 20.2 Å². The second-order valence-corrected chi connectivity index (χ2v) is 11.2. The van der Waals surface area contributed by atoms with Crippen molar-refractivity contribution < 1.29 is 18.7 Å². The lowest BCUT2D eigenvalue weighted by molar-refractivity contribution is -0.152. The first-order chi connectivity index (χ1) is 18.3. The highest BCUT2D eigenvalue weighted by Crippen LogP contribution is 2.50. The molecule has 7 nitrogen and oxygen atoms in total. The van der Waals surface area contributed by atoms with Gasteiger partial charge < -0.3 is 15.0 Å². The largest absolute Gasteiger partial charge is 0.468 e. The Hall–Kier alpha value is -2.94. The second kappa shape index (κ2) is 9.98. The van der Waals surface area contributed by atoms with Gasteiger partial charge in [-0.15, -0.1) is 0 Å². The average molecular weight is 539 g/mol. The number of hydrogen-bond acceptors (Lipinski definition) is 5. The first-order valence-electron chi connectivity index (χ1n) is 13.2. The van der Waals surface area contributed by atoms with Gasteiger partial charge in [0.1, 0.15) is 11.9 Å². The molecule has 200 valence electrons. The Balaban J connectivity index is 1.45. The number of hydrogen-bond donors (Lipinski definition) is 2. The third-order valence-electron chi connectivity index (χ3n) is 8.59. The van der Waals surface area contributed by atoms with E-state index >= 15 is 0 Å². The van der Waals surface area contributed by atoms with Gasteiger partial charge in [0, 0.05) is 61.2 Å². The van der Waals surface area contributed by atoms with Gasteiger partial charge in [0.2, 0.25) is 5.91 Å². The number of piperidine rings is 1. The van der Waals surface area contributed by atoms with Crippen molar-refractivity contribution in [1.29, 1.82) is 0 Å². The molecule has 0 bridgehead atoms. The van der Waals surface area contributed by atoms with E-state index in [1.54, 1.807) is 13.0 Å². The molecule has 0 aliphatic carbocycles. The Kier molecular flexibility index (Phi) is 6.66. The Morgan fingerprint density at radius 1 is 1.16 bits per heavy atom. The fourth-order valence-electron chi connectivity index (χ4n) is 6.99. The molecule has 2 saturated heterocycles. The van der Waals surface area contributed by atoms with Gasteiger partial charge in [0.15, 0.2) is 0 Å². The fraction of sp³-hybridized carbons (Fsp3) is 0.448. The fourth-order valence-corrected chi connectivity index (χ4v) is 7.11. The number of aromatic nitrogens is 1. The molecule has 2 fully saturated rings. The van der Waals surface area contributed by atoms with Crippen LogP contribution in [0.4, 0.5) is 4.39 Å². The van der Waals surface area contributed by atoms with Gasteiger partial charge in [-0.25, -0.2) is 4.39 Å². The predicted molar refractivity (Wildman–Crippen MR) is 143 cm³/mol. The van der Waals surface area contributed by atoms with Crippen molar-refractivity contribution in [1.82, 2.24) is 20.1 Å². The molecular formula is C29H32ClFN4O3. The highest BCUT2D eigenvalue weighted by molar-refractivity contribution is 6.30. The number of fused-ring (bicyclic) bond motifs is 5. The van der Waals surface area contributed by atoms with E-state index in [0.29, 0.717) is 6.42 Å². The summed E-state index contributed by atoms with van der Waals surface area (Å²) in [5.74, 6) is -0.763. The summed E-state index contributed by atoms with van der Waals surface area (Å²) in [5.41, 5.74) is 4.11. The molecule has 38 heavy (non-hydrogen) atoms. The van der Waals surface area contributed by atoms with Crippen LogP contribution >= 0.6 is 11.6 Å². The summed E-state index contributed by atoms with van der Waals surface area (Å²) in [6, 6.07) is 12.7. The highest BCUT2D eigenvalue weighted by Gasteiger charge is 2.49. The molecule has 1 amide bonds. The van der Waals surface area contributed by atoms with E-state index in [1.165, 1.54) is 13.2 Å². The smallest absolute Gasteiger partial charge is 0.323 e. The SMILES string of the molecule is COC(=O)[C@@H]1Cc2c([nH]c3ccccc23)[C@H]2C[C@H](N3CC[C@H](NC(C)=O)C3)C[C@@H](c3ccc(Cl)c(F)c3)N21. The zero-order valence-corrected chi connectivity index (χ0v) is 22.3. The minimum absolute atomic E-state index is 0.0166. The molecule has 3 aromatic rings. The maximum Gasteiger partial charge on any atom is 0.323 e. The third kappa shape index (κ3) is 4.38. The summed E-state index contributed by atoms with van der Waals surface area (Å²) >= 11 is 6.05. The van der Waals surface area contributed by atoms with Gasteiger partial charge in [-0.05, 0) is 48.6 Å². The lowest BCUT2D eigenvalue weighted by Crippen LogP contribution is -2.56. The molecule has 0 radical (unpaired) electrons. The summed E-state index contributed by atoms with van der Waals surface area (Å²) in [6.07, 6.45) is 2.96. The van der Waals surface area contributed by atoms with E-state index in [2.05, 4.69) is 32.2 Å². The second-order valence-electron chi connectivity index (χ2n) is 10.8. The number of rotatable bonds is 4. The number of halogens is 2. The molecule has 3 aliphatic rings. The van der Waals surface area contributed by atoms with E-state index in [1.807, 2.05) is 18.2 Å². The summed E-state index contributed by atoms with van der Waals surface area (Å²) < 4.78 is 20.0. The number of benzene rings is 2. The highest BCUT2D eigenvalue weighted by atomic mass is 35.5. The number of H-pyrrole nitrogens is 1. The maximum atomic E-state index is 14.7. The van der Waals surface area contributed by atoms with Crippen LogP contribution in [0.25, 0.3) is 10.9 Å². The van der Waals surface area contributed by atoms with E-state index < -0.39 is 11.9 Å². The van der Waals surface area contributed by atoms with Gasteiger partial charge in [-0.2, -0.15) is 0 Å². The lowest BCUT2D eigenvalue weighted by Gasteiger charge is -2.52. The summed E-state index contributed by atoms with van der Waals surface area (Å²) in [6.45, 7) is 3.21. The van der Waals surface area contributed by atoms with E-state index in [9.17, 15) is 14.0 Å². The molecule has 2 aromatic carbocycles. The number of aromatic amines is 1. The first kappa shape index (κ1) is 25.3. The van der Waals surface area contributed by atoms with Crippen molar-refractivity contribution in [3.05, 3.63) is 70.1 Å². The number of carbonyl (C=O) groups is 2. The van der Waals surface area contributed by atoms with E-state index in [0.717, 1.165) is 60.1 Å². The van der Waals surface area contributed by atoms with Crippen molar-refractivity contribution in [2.45, 2.75) is 62.8 Å².